The van der Waals surface area contributed by atoms with Crippen LogP contribution < -0.4 is 12.3 Å². The van der Waals surface area contributed by atoms with E-state index in [9.17, 15) is 19.2 Å². The van der Waals surface area contributed by atoms with E-state index in [-0.39, 0.29) is 47.9 Å². The second-order valence-electron chi connectivity index (χ2n) is 4.52. The summed E-state index contributed by atoms with van der Waals surface area (Å²) in [5, 5.41) is 41.9. The van der Waals surface area contributed by atoms with Crippen LogP contribution in [0.1, 0.15) is 6.92 Å². The zero-order chi connectivity index (χ0) is 19.3. The van der Waals surface area contributed by atoms with Crippen LogP contribution in [0.3, 0.4) is 0 Å². The maximum atomic E-state index is 10.6. The maximum Gasteiger partial charge on any atom is 0.317 e. The second kappa shape index (κ2) is 22.7. The predicted molar refractivity (Wildman–Crippen MR) is 90.4 cm³/mol. The average Bonchev–Trinajstić information content (AvgIpc) is 2.32. The van der Waals surface area contributed by atoms with E-state index < -0.39 is 56.0 Å². The molecule has 0 heterocycles. The van der Waals surface area contributed by atoms with Gasteiger partial charge in [0.15, 0.2) is 0 Å². The molecule has 0 aromatic heterocycles. The van der Waals surface area contributed by atoms with Gasteiger partial charge in [-0.15, -0.1) is 0 Å². The Kier molecular flexibility index (Phi) is 32.7. The third kappa shape index (κ3) is 34.9. The normalized spacial score (nSPS) is 8.54. The summed E-state index contributed by atoms with van der Waals surface area (Å²) in [5.41, 5.74) is 0. The van der Waals surface area contributed by atoms with E-state index in [1.54, 1.807) is 0 Å². The summed E-state index contributed by atoms with van der Waals surface area (Å²) in [6.45, 7) is -1.17. The van der Waals surface area contributed by atoms with Gasteiger partial charge in [-0.05, 0) is 0 Å². The van der Waals surface area contributed by atoms with E-state index in [4.69, 9.17) is 30.3 Å². The van der Waals surface area contributed by atoms with E-state index in [2.05, 4.69) is 0 Å². The van der Waals surface area contributed by atoms with Crippen molar-refractivity contribution < 1.29 is 72.1 Å². The first-order chi connectivity index (χ1) is 10.9. The monoisotopic (exact) mass is 460 g/mol. The second-order valence-corrected chi connectivity index (χ2v) is 4.52. The summed E-state index contributed by atoms with van der Waals surface area (Å²) in [6.07, 6.45) is 0. The molecule has 13 N–H and O–H groups in total. The Bertz CT molecular complexity index is 406. The molecular weight excluding hydrogens is 432 g/mol. The zero-order valence-corrected chi connectivity index (χ0v) is 16.3. The molecule has 15 nitrogen and oxygen atoms in total. The molecule has 0 fully saturated rings. The minimum absolute atomic E-state index is 0. The third-order valence-electron chi connectivity index (χ3n) is 2.17. The molecule has 0 saturated carbocycles. The summed E-state index contributed by atoms with van der Waals surface area (Å²) < 4.78 is 0. The standard InChI is InChI=1S/C10H16N2O8.C2H4O2.Fe.2H3N.H2O/c13-7(14)3-11(4-8(15)16)1-2-12(5-9(17)18)6-10(19)20;1-2(3)4;;;;/h1-6H2,(H,13,14)(H,15,16)(H,17,18)(H,19,20);1H3,(H,3,4);;2*1H3;1H2. The van der Waals surface area contributed by atoms with Crippen LogP contribution in [0, 0.1) is 0 Å². The molecule has 170 valence electrons. The van der Waals surface area contributed by atoms with Crippen molar-refractivity contribution in [3.8, 4) is 0 Å². The minimum Gasteiger partial charge on any atom is -0.481 e. The van der Waals surface area contributed by atoms with Gasteiger partial charge in [0.25, 0.3) is 5.97 Å². The molecule has 0 unspecified atom stereocenters. The summed E-state index contributed by atoms with van der Waals surface area (Å²) in [7, 11) is 0. The fourth-order valence-electron chi connectivity index (χ4n) is 1.48. The Morgan fingerprint density at radius 3 is 0.857 bits per heavy atom. The van der Waals surface area contributed by atoms with Crippen molar-refractivity contribution in [2.24, 2.45) is 0 Å². The van der Waals surface area contributed by atoms with Gasteiger partial charge in [0.05, 0.1) is 26.2 Å². The van der Waals surface area contributed by atoms with Crippen LogP contribution in [0.5, 0.6) is 0 Å². The first-order valence-corrected chi connectivity index (χ1v) is 6.45. The van der Waals surface area contributed by atoms with Gasteiger partial charge in [0.1, 0.15) is 0 Å². The first-order valence-electron chi connectivity index (χ1n) is 6.45. The Morgan fingerprint density at radius 1 is 0.607 bits per heavy atom. The quantitative estimate of drug-likeness (QED) is 0.157. The number of hydrogen-bond acceptors (Lipinski definition) is 9. The van der Waals surface area contributed by atoms with Gasteiger partial charge in [0.2, 0.25) is 0 Å². The molecule has 0 aliphatic heterocycles. The summed E-state index contributed by atoms with van der Waals surface area (Å²) >= 11 is 0. The fourth-order valence-corrected chi connectivity index (χ4v) is 1.48. The van der Waals surface area contributed by atoms with Gasteiger partial charge < -0.3 is 43.3 Å². The third-order valence-corrected chi connectivity index (χ3v) is 2.17. The van der Waals surface area contributed by atoms with Gasteiger partial charge in [-0.1, -0.05) is 0 Å². The molecule has 0 atom stereocenters. The van der Waals surface area contributed by atoms with E-state index in [0.717, 1.165) is 16.7 Å². The predicted octanol–water partition coefficient (Wildman–Crippen LogP) is -2.48. The number of carboxylic acids is 5. The van der Waals surface area contributed by atoms with Crippen molar-refractivity contribution >= 4 is 29.8 Å². The number of carboxylic acid groups (broad SMARTS) is 5. The molecule has 0 aliphatic carbocycles. The van der Waals surface area contributed by atoms with Gasteiger partial charge in [0, 0.05) is 37.1 Å². The summed E-state index contributed by atoms with van der Waals surface area (Å²) in [6, 6.07) is 0. The molecule has 0 spiro atoms. The molecule has 0 saturated heterocycles. The Labute approximate surface area is 170 Å². The molecular formula is C12H28FeN4O11. The molecule has 0 amide bonds. The van der Waals surface area contributed by atoms with E-state index in [0.29, 0.717) is 0 Å². The molecule has 16 heteroatoms. The molecule has 0 rings (SSSR count). The number of aliphatic carboxylic acids is 5. The van der Waals surface area contributed by atoms with Gasteiger partial charge in [-0.2, -0.15) is 0 Å². The van der Waals surface area contributed by atoms with Crippen LogP contribution in [0.25, 0.3) is 0 Å². The Balaban J connectivity index is -0.000000137. The molecule has 0 aromatic rings. The molecule has 28 heavy (non-hydrogen) atoms. The number of hydrogen-bond donors (Lipinski definition) is 7. The SMILES string of the molecule is CC(=O)O.N.N.O.O=C(O)CN(CCN(CC(=O)O)CC(=O)O)CC(=O)O.[Fe]. The summed E-state index contributed by atoms with van der Waals surface area (Å²) in [5.74, 6) is -5.74. The molecule has 0 radical (unpaired) electrons. The van der Waals surface area contributed by atoms with Crippen molar-refractivity contribution in [3.05, 3.63) is 0 Å². The largest absolute Gasteiger partial charge is 0.481 e. The smallest absolute Gasteiger partial charge is 0.317 e. The Morgan fingerprint density at radius 2 is 0.750 bits per heavy atom. The maximum absolute atomic E-state index is 10.6. The van der Waals surface area contributed by atoms with Crippen molar-refractivity contribution in [1.82, 2.24) is 22.1 Å². The van der Waals surface area contributed by atoms with Crippen LogP contribution in [-0.2, 0) is 41.0 Å². The van der Waals surface area contributed by atoms with E-state index >= 15 is 0 Å². The van der Waals surface area contributed by atoms with E-state index in [1.165, 1.54) is 0 Å². The number of nitrogens with zero attached hydrogens (tertiary/aromatic N) is 2. The summed E-state index contributed by atoms with van der Waals surface area (Å²) in [4.78, 5) is 53.4. The minimum atomic E-state index is -1.23. The van der Waals surface area contributed by atoms with Gasteiger partial charge >= 0.3 is 23.9 Å². The van der Waals surface area contributed by atoms with Crippen molar-refractivity contribution in [2.45, 2.75) is 6.92 Å². The fraction of sp³-hybridized carbons (Fsp3) is 0.583. The van der Waals surface area contributed by atoms with Gasteiger partial charge in [-0.25, -0.2) is 0 Å². The first kappa shape index (κ1) is 40.4. The molecule has 0 aliphatic rings. The molecule has 0 aromatic carbocycles. The van der Waals surface area contributed by atoms with Crippen molar-refractivity contribution in [2.75, 3.05) is 39.3 Å². The average molecular weight is 460 g/mol. The topological polar surface area (TPSA) is 294 Å². The zero-order valence-electron chi connectivity index (χ0n) is 15.2. The van der Waals surface area contributed by atoms with Crippen LogP contribution in [0.2, 0.25) is 0 Å². The number of carbonyl (C=O) groups is 5. The van der Waals surface area contributed by atoms with E-state index in [1.807, 2.05) is 0 Å². The number of rotatable bonds is 11. The van der Waals surface area contributed by atoms with Crippen molar-refractivity contribution in [1.29, 1.82) is 0 Å². The Hall–Kier alpha value is -2.33. The van der Waals surface area contributed by atoms with Crippen molar-refractivity contribution in [3.63, 3.8) is 0 Å². The molecule has 0 bridgehead atoms. The van der Waals surface area contributed by atoms with Crippen LogP contribution in [0.4, 0.5) is 0 Å². The van der Waals surface area contributed by atoms with Crippen LogP contribution in [0.15, 0.2) is 0 Å². The van der Waals surface area contributed by atoms with Gasteiger partial charge in [-0.3, -0.25) is 33.8 Å². The van der Waals surface area contributed by atoms with Crippen LogP contribution >= 0.6 is 0 Å². The van der Waals surface area contributed by atoms with Crippen LogP contribution in [-0.4, -0.2) is 110 Å².